The molecule has 0 aliphatic heterocycles. The van der Waals surface area contributed by atoms with Crippen molar-refractivity contribution in [2.75, 3.05) is 52.1 Å². The Hall–Kier alpha value is 0.0900. The SMILES string of the molecule is OCCOCCOCCOC[C@@H](O)CCl. The Morgan fingerprint density at radius 2 is 1.47 bits per heavy atom. The molecule has 0 aliphatic rings. The van der Waals surface area contributed by atoms with Gasteiger partial charge in [0.1, 0.15) is 0 Å². The molecule has 2 N–H and O–H groups in total. The van der Waals surface area contributed by atoms with Crippen LogP contribution in [0.1, 0.15) is 0 Å². The molecular formula is C9H19ClO5. The van der Waals surface area contributed by atoms with Crippen LogP contribution in [0.4, 0.5) is 0 Å². The van der Waals surface area contributed by atoms with Gasteiger partial charge in [-0.3, -0.25) is 0 Å². The van der Waals surface area contributed by atoms with Crippen molar-refractivity contribution in [2.24, 2.45) is 0 Å². The second-order valence-electron chi connectivity index (χ2n) is 2.83. The van der Waals surface area contributed by atoms with Gasteiger partial charge in [-0.25, -0.2) is 0 Å². The molecule has 0 spiro atoms. The van der Waals surface area contributed by atoms with Gasteiger partial charge in [0.05, 0.1) is 58.2 Å². The zero-order valence-electron chi connectivity index (χ0n) is 8.73. The molecule has 15 heavy (non-hydrogen) atoms. The molecule has 0 aliphatic carbocycles. The normalized spacial score (nSPS) is 13.0. The van der Waals surface area contributed by atoms with E-state index < -0.39 is 6.10 Å². The minimum Gasteiger partial charge on any atom is -0.394 e. The van der Waals surface area contributed by atoms with Crippen LogP contribution in [0.5, 0.6) is 0 Å². The summed E-state index contributed by atoms with van der Waals surface area (Å²) in [7, 11) is 0. The van der Waals surface area contributed by atoms with E-state index in [4.69, 9.17) is 36.0 Å². The molecule has 6 heteroatoms. The number of halogens is 1. The highest BCUT2D eigenvalue weighted by molar-refractivity contribution is 6.18. The summed E-state index contributed by atoms with van der Waals surface area (Å²) in [5, 5.41) is 17.4. The Labute approximate surface area is 94.9 Å². The van der Waals surface area contributed by atoms with Gasteiger partial charge in [-0.2, -0.15) is 0 Å². The second-order valence-corrected chi connectivity index (χ2v) is 3.14. The highest BCUT2D eigenvalue weighted by atomic mass is 35.5. The number of hydrogen-bond donors (Lipinski definition) is 2. The van der Waals surface area contributed by atoms with Crippen molar-refractivity contribution in [2.45, 2.75) is 6.10 Å². The lowest BCUT2D eigenvalue weighted by Crippen LogP contribution is -2.19. The Bertz CT molecular complexity index is 125. The maximum Gasteiger partial charge on any atom is 0.0908 e. The average molecular weight is 243 g/mol. The van der Waals surface area contributed by atoms with Crippen molar-refractivity contribution < 1.29 is 24.4 Å². The molecule has 0 bridgehead atoms. The molecule has 0 aromatic rings. The molecule has 92 valence electrons. The van der Waals surface area contributed by atoms with Gasteiger partial charge >= 0.3 is 0 Å². The molecule has 5 nitrogen and oxygen atoms in total. The lowest BCUT2D eigenvalue weighted by atomic mass is 10.4. The zero-order chi connectivity index (χ0) is 11.4. The molecular weight excluding hydrogens is 224 g/mol. The quantitative estimate of drug-likeness (QED) is 0.382. The van der Waals surface area contributed by atoms with Gasteiger partial charge in [0.2, 0.25) is 0 Å². The molecule has 0 heterocycles. The van der Waals surface area contributed by atoms with E-state index in [0.29, 0.717) is 33.0 Å². The summed E-state index contributed by atoms with van der Waals surface area (Å²) in [6, 6.07) is 0. The van der Waals surface area contributed by atoms with Crippen LogP contribution in [-0.4, -0.2) is 68.4 Å². The minimum atomic E-state index is -0.612. The van der Waals surface area contributed by atoms with Gasteiger partial charge in [0, 0.05) is 0 Å². The Morgan fingerprint density at radius 3 is 2.00 bits per heavy atom. The molecule has 0 unspecified atom stereocenters. The first-order valence-electron chi connectivity index (χ1n) is 4.89. The fourth-order valence-electron chi connectivity index (χ4n) is 0.768. The summed E-state index contributed by atoms with van der Waals surface area (Å²) in [4.78, 5) is 0. The number of hydrogen-bond acceptors (Lipinski definition) is 5. The number of aliphatic hydroxyl groups is 2. The molecule has 0 saturated heterocycles. The first kappa shape index (κ1) is 15.1. The molecule has 0 saturated carbocycles. The van der Waals surface area contributed by atoms with E-state index in [2.05, 4.69) is 0 Å². The zero-order valence-corrected chi connectivity index (χ0v) is 9.49. The van der Waals surface area contributed by atoms with E-state index in [0.717, 1.165) is 0 Å². The highest BCUT2D eigenvalue weighted by Gasteiger charge is 2.00. The van der Waals surface area contributed by atoms with Crippen LogP contribution >= 0.6 is 11.6 Å². The predicted octanol–water partition coefficient (Wildman–Crippen LogP) is -0.372. The van der Waals surface area contributed by atoms with E-state index in [1.165, 1.54) is 0 Å². The van der Waals surface area contributed by atoms with Crippen LogP contribution in [0.3, 0.4) is 0 Å². The third-order valence-corrected chi connectivity index (χ3v) is 1.82. The van der Waals surface area contributed by atoms with Gasteiger partial charge in [-0.15, -0.1) is 11.6 Å². The fourth-order valence-corrected chi connectivity index (χ4v) is 0.857. The third kappa shape index (κ3) is 12.0. The standard InChI is InChI=1S/C9H19ClO5/c10-7-9(12)8-15-6-5-14-4-3-13-2-1-11/h9,11-12H,1-8H2/t9-/m0/s1. The average Bonchev–Trinajstić information content (AvgIpc) is 2.26. The van der Waals surface area contributed by atoms with Gasteiger partial charge < -0.3 is 24.4 Å². The lowest BCUT2D eigenvalue weighted by Gasteiger charge is -2.08. The topological polar surface area (TPSA) is 68.2 Å². The van der Waals surface area contributed by atoms with Gasteiger partial charge in [-0.1, -0.05) is 0 Å². The van der Waals surface area contributed by atoms with Crippen molar-refractivity contribution in [3.63, 3.8) is 0 Å². The van der Waals surface area contributed by atoms with Crippen LogP contribution in [0.15, 0.2) is 0 Å². The number of rotatable bonds is 11. The summed E-state index contributed by atoms with van der Waals surface area (Å²) >= 11 is 5.36. The summed E-state index contributed by atoms with van der Waals surface area (Å²) in [6.07, 6.45) is -0.612. The van der Waals surface area contributed by atoms with Crippen molar-refractivity contribution in [3.05, 3.63) is 0 Å². The minimum absolute atomic E-state index is 0.0272. The van der Waals surface area contributed by atoms with Crippen molar-refractivity contribution in [1.82, 2.24) is 0 Å². The van der Waals surface area contributed by atoms with E-state index in [1.807, 2.05) is 0 Å². The molecule has 0 amide bonds. The van der Waals surface area contributed by atoms with Gasteiger partial charge in [0.15, 0.2) is 0 Å². The second kappa shape index (κ2) is 12.2. The first-order valence-corrected chi connectivity index (χ1v) is 5.42. The van der Waals surface area contributed by atoms with Gasteiger partial charge in [0.25, 0.3) is 0 Å². The van der Waals surface area contributed by atoms with Crippen molar-refractivity contribution >= 4 is 11.6 Å². The number of aliphatic hydroxyl groups excluding tert-OH is 2. The van der Waals surface area contributed by atoms with E-state index in [-0.39, 0.29) is 19.1 Å². The van der Waals surface area contributed by atoms with Gasteiger partial charge in [-0.05, 0) is 0 Å². The number of ether oxygens (including phenoxy) is 3. The summed E-state index contributed by atoms with van der Waals surface area (Å²) in [6.45, 7) is 2.41. The Kier molecular flexibility index (Phi) is 12.2. The van der Waals surface area contributed by atoms with Crippen LogP contribution in [-0.2, 0) is 14.2 Å². The van der Waals surface area contributed by atoms with Crippen LogP contribution in [0, 0.1) is 0 Å². The highest BCUT2D eigenvalue weighted by Crippen LogP contribution is 1.89. The Morgan fingerprint density at radius 1 is 0.933 bits per heavy atom. The summed E-state index contributed by atoms with van der Waals surface area (Å²) in [5.41, 5.74) is 0. The van der Waals surface area contributed by atoms with Crippen molar-refractivity contribution in [3.8, 4) is 0 Å². The molecule has 0 rings (SSSR count). The summed E-state index contributed by atoms with van der Waals surface area (Å²) < 4.78 is 15.2. The lowest BCUT2D eigenvalue weighted by molar-refractivity contribution is -0.00868. The monoisotopic (exact) mass is 242 g/mol. The summed E-state index contributed by atoms with van der Waals surface area (Å²) in [5.74, 6) is 0.176. The Balaban J connectivity index is 2.92. The fraction of sp³-hybridized carbons (Fsp3) is 1.00. The van der Waals surface area contributed by atoms with Crippen LogP contribution in [0.2, 0.25) is 0 Å². The van der Waals surface area contributed by atoms with E-state index in [9.17, 15) is 0 Å². The van der Waals surface area contributed by atoms with E-state index >= 15 is 0 Å². The molecule has 1 atom stereocenters. The van der Waals surface area contributed by atoms with E-state index in [1.54, 1.807) is 0 Å². The molecule has 0 radical (unpaired) electrons. The van der Waals surface area contributed by atoms with Crippen LogP contribution in [0.25, 0.3) is 0 Å². The number of alkyl halides is 1. The smallest absolute Gasteiger partial charge is 0.0908 e. The maximum absolute atomic E-state index is 9.02. The maximum atomic E-state index is 9.02. The molecule has 0 fully saturated rings. The largest absolute Gasteiger partial charge is 0.394 e. The van der Waals surface area contributed by atoms with Crippen molar-refractivity contribution in [1.29, 1.82) is 0 Å². The molecule has 0 aromatic carbocycles. The molecule has 0 aromatic heterocycles. The van der Waals surface area contributed by atoms with Crippen LogP contribution < -0.4 is 0 Å². The first-order chi connectivity index (χ1) is 7.31. The predicted molar refractivity (Wildman–Crippen MR) is 56.3 cm³/mol. The third-order valence-electron chi connectivity index (χ3n) is 1.47.